The Hall–Kier alpha value is -2.34. The predicted molar refractivity (Wildman–Crippen MR) is 97.4 cm³/mol. The maximum absolute atomic E-state index is 13.4. The number of hydrogen-bond acceptors (Lipinski definition) is 3. The molecule has 3 rings (SSSR count). The summed E-state index contributed by atoms with van der Waals surface area (Å²) in [5.74, 6) is 0.413. The summed E-state index contributed by atoms with van der Waals surface area (Å²) in [7, 11) is 0. The predicted octanol–water partition coefficient (Wildman–Crippen LogP) is 5.22. The van der Waals surface area contributed by atoms with Gasteiger partial charge in [-0.05, 0) is 60.1 Å². The number of furan rings is 1. The van der Waals surface area contributed by atoms with E-state index in [0.717, 1.165) is 5.39 Å². The molecule has 1 amide bonds. The Kier molecular flexibility index (Phi) is 5.08. The van der Waals surface area contributed by atoms with E-state index < -0.39 is 5.82 Å². The zero-order chi connectivity index (χ0) is 18.0. The maximum atomic E-state index is 13.4. The van der Waals surface area contributed by atoms with Crippen LogP contribution in [-0.2, 0) is 0 Å². The molecule has 0 saturated carbocycles. The number of para-hydroxylation sites is 1. The van der Waals surface area contributed by atoms with Gasteiger partial charge in [-0.3, -0.25) is 4.79 Å². The first-order chi connectivity index (χ1) is 12.0. The second-order valence-corrected chi connectivity index (χ2v) is 6.43. The van der Waals surface area contributed by atoms with Crippen molar-refractivity contribution in [1.82, 2.24) is 5.32 Å². The summed E-state index contributed by atoms with van der Waals surface area (Å²) >= 11 is 3.26. The first-order valence-electron chi connectivity index (χ1n) is 7.90. The zero-order valence-electron chi connectivity index (χ0n) is 13.8. The third-order valence-electron chi connectivity index (χ3n) is 3.77. The molecule has 25 heavy (non-hydrogen) atoms. The average molecular weight is 406 g/mol. The van der Waals surface area contributed by atoms with Crippen molar-refractivity contribution >= 4 is 32.8 Å². The monoisotopic (exact) mass is 405 g/mol. The largest absolute Gasteiger partial charge is 0.490 e. The molecule has 0 aliphatic carbocycles. The molecule has 0 unspecified atom stereocenters. The second kappa shape index (κ2) is 7.27. The van der Waals surface area contributed by atoms with Gasteiger partial charge in [-0.2, -0.15) is 0 Å². The molecule has 1 N–H and O–H groups in total. The van der Waals surface area contributed by atoms with Crippen LogP contribution >= 0.6 is 15.9 Å². The standard InChI is InChI=1S/C19H17BrFNO3/c1-3-24-16-6-4-5-12-9-17(25-18(12)16)11(2)22-19(23)14-10-13(21)7-8-15(14)20/h4-11H,3H2,1-2H3,(H,22,23)/t11-/m1/s1. The fourth-order valence-corrected chi connectivity index (χ4v) is 2.98. The smallest absolute Gasteiger partial charge is 0.253 e. The Morgan fingerprint density at radius 1 is 1.32 bits per heavy atom. The van der Waals surface area contributed by atoms with Crippen LogP contribution < -0.4 is 10.1 Å². The van der Waals surface area contributed by atoms with Crippen LogP contribution in [0.4, 0.5) is 4.39 Å². The Bertz CT molecular complexity index is 922. The lowest BCUT2D eigenvalue weighted by Gasteiger charge is -2.12. The molecule has 0 bridgehead atoms. The van der Waals surface area contributed by atoms with E-state index in [1.165, 1.54) is 18.2 Å². The van der Waals surface area contributed by atoms with E-state index in [1.807, 2.05) is 38.1 Å². The summed E-state index contributed by atoms with van der Waals surface area (Å²) in [5, 5.41) is 3.72. The minimum Gasteiger partial charge on any atom is -0.490 e. The van der Waals surface area contributed by atoms with Gasteiger partial charge in [-0.25, -0.2) is 4.39 Å². The van der Waals surface area contributed by atoms with Crippen molar-refractivity contribution in [3.05, 3.63) is 64.1 Å². The lowest BCUT2D eigenvalue weighted by molar-refractivity contribution is 0.0934. The molecule has 2 aromatic carbocycles. The highest BCUT2D eigenvalue weighted by Crippen LogP contribution is 2.31. The van der Waals surface area contributed by atoms with Crippen molar-refractivity contribution in [3.63, 3.8) is 0 Å². The Balaban J connectivity index is 1.84. The summed E-state index contributed by atoms with van der Waals surface area (Å²) in [4.78, 5) is 12.4. The number of fused-ring (bicyclic) bond motifs is 1. The van der Waals surface area contributed by atoms with Crippen LogP contribution in [0.3, 0.4) is 0 Å². The van der Waals surface area contributed by atoms with Crippen molar-refractivity contribution in [2.45, 2.75) is 19.9 Å². The Morgan fingerprint density at radius 3 is 2.88 bits per heavy atom. The summed E-state index contributed by atoms with van der Waals surface area (Å²) in [5.41, 5.74) is 0.880. The summed E-state index contributed by atoms with van der Waals surface area (Å²) in [6.45, 7) is 4.25. The fourth-order valence-electron chi connectivity index (χ4n) is 2.56. The van der Waals surface area contributed by atoms with E-state index >= 15 is 0 Å². The van der Waals surface area contributed by atoms with Gasteiger partial charge >= 0.3 is 0 Å². The van der Waals surface area contributed by atoms with Crippen LogP contribution in [0.1, 0.15) is 36.0 Å². The van der Waals surface area contributed by atoms with Gasteiger partial charge in [-0.1, -0.05) is 12.1 Å². The van der Waals surface area contributed by atoms with Crippen molar-refractivity contribution < 1.29 is 18.3 Å². The number of ether oxygens (including phenoxy) is 1. The summed E-state index contributed by atoms with van der Waals surface area (Å²) in [6, 6.07) is 11.1. The van der Waals surface area contributed by atoms with E-state index in [0.29, 0.717) is 28.2 Å². The van der Waals surface area contributed by atoms with E-state index in [4.69, 9.17) is 9.15 Å². The first-order valence-corrected chi connectivity index (χ1v) is 8.70. The summed E-state index contributed by atoms with van der Waals surface area (Å²) < 4.78 is 25.4. The molecule has 1 atom stereocenters. The highest BCUT2D eigenvalue weighted by molar-refractivity contribution is 9.10. The molecule has 6 heteroatoms. The van der Waals surface area contributed by atoms with Crippen LogP contribution in [0, 0.1) is 5.82 Å². The number of amides is 1. The van der Waals surface area contributed by atoms with Gasteiger partial charge in [0.05, 0.1) is 18.2 Å². The average Bonchev–Trinajstić information content (AvgIpc) is 3.02. The van der Waals surface area contributed by atoms with Crippen molar-refractivity contribution in [2.24, 2.45) is 0 Å². The van der Waals surface area contributed by atoms with Gasteiger partial charge in [0, 0.05) is 9.86 Å². The van der Waals surface area contributed by atoms with Gasteiger partial charge in [-0.15, -0.1) is 0 Å². The molecular weight excluding hydrogens is 389 g/mol. The van der Waals surface area contributed by atoms with Crippen molar-refractivity contribution in [2.75, 3.05) is 6.61 Å². The molecule has 4 nitrogen and oxygen atoms in total. The van der Waals surface area contributed by atoms with Gasteiger partial charge < -0.3 is 14.5 Å². The number of carbonyl (C=O) groups excluding carboxylic acids is 1. The van der Waals surface area contributed by atoms with E-state index in [1.54, 1.807) is 0 Å². The van der Waals surface area contributed by atoms with Crippen LogP contribution in [-0.4, -0.2) is 12.5 Å². The van der Waals surface area contributed by atoms with Crippen LogP contribution in [0.2, 0.25) is 0 Å². The van der Waals surface area contributed by atoms with E-state index in [-0.39, 0.29) is 17.5 Å². The SMILES string of the molecule is CCOc1cccc2cc([C@@H](C)NC(=O)c3cc(F)ccc3Br)oc12. The minimum atomic E-state index is -0.467. The molecule has 1 aromatic heterocycles. The van der Waals surface area contributed by atoms with Gasteiger partial charge in [0.1, 0.15) is 11.6 Å². The molecule has 0 saturated heterocycles. The first kappa shape index (κ1) is 17.5. The molecule has 0 aliphatic rings. The quantitative estimate of drug-likeness (QED) is 0.632. The number of benzene rings is 2. The molecule has 0 fully saturated rings. The number of halogens is 2. The fraction of sp³-hybridized carbons (Fsp3) is 0.211. The van der Waals surface area contributed by atoms with E-state index in [2.05, 4.69) is 21.2 Å². The molecule has 0 spiro atoms. The molecule has 0 radical (unpaired) electrons. The molecule has 0 aliphatic heterocycles. The zero-order valence-corrected chi connectivity index (χ0v) is 15.4. The topological polar surface area (TPSA) is 51.5 Å². The van der Waals surface area contributed by atoms with Gasteiger partial charge in [0.15, 0.2) is 11.3 Å². The summed E-state index contributed by atoms with van der Waals surface area (Å²) in [6.07, 6.45) is 0. The number of nitrogens with one attached hydrogen (secondary N) is 1. The highest BCUT2D eigenvalue weighted by atomic mass is 79.9. The minimum absolute atomic E-state index is 0.234. The van der Waals surface area contributed by atoms with Gasteiger partial charge in [0.2, 0.25) is 0 Å². The van der Waals surface area contributed by atoms with Crippen LogP contribution in [0.15, 0.2) is 51.4 Å². The van der Waals surface area contributed by atoms with E-state index in [9.17, 15) is 9.18 Å². The highest BCUT2D eigenvalue weighted by Gasteiger charge is 2.18. The Labute approximate surface area is 153 Å². The number of hydrogen-bond donors (Lipinski definition) is 1. The molecule has 1 heterocycles. The number of rotatable bonds is 5. The van der Waals surface area contributed by atoms with Crippen LogP contribution in [0.5, 0.6) is 5.75 Å². The molecular formula is C19H17BrFNO3. The molecule has 130 valence electrons. The lowest BCUT2D eigenvalue weighted by atomic mass is 10.1. The molecule has 3 aromatic rings. The number of carbonyl (C=O) groups is 1. The lowest BCUT2D eigenvalue weighted by Crippen LogP contribution is -2.26. The normalized spacial score (nSPS) is 12.2. The van der Waals surface area contributed by atoms with Gasteiger partial charge in [0.25, 0.3) is 5.91 Å². The Morgan fingerprint density at radius 2 is 2.12 bits per heavy atom. The maximum Gasteiger partial charge on any atom is 0.253 e. The third-order valence-corrected chi connectivity index (χ3v) is 4.47. The third kappa shape index (κ3) is 3.69. The second-order valence-electron chi connectivity index (χ2n) is 5.58. The van der Waals surface area contributed by atoms with Crippen LogP contribution in [0.25, 0.3) is 11.0 Å². The van der Waals surface area contributed by atoms with Crippen molar-refractivity contribution in [3.8, 4) is 5.75 Å². The van der Waals surface area contributed by atoms with Crippen molar-refractivity contribution in [1.29, 1.82) is 0 Å².